The highest BCUT2D eigenvalue weighted by Gasteiger charge is 2.44. The van der Waals surface area contributed by atoms with Crippen molar-refractivity contribution < 1.29 is 81.2 Å². The number of fused-ring (bicyclic) bond motifs is 2. The number of rotatable bonds is 20. The molecule has 0 aliphatic carbocycles. The number of hydrogen-bond acceptors (Lipinski definition) is 12. The molecule has 2 amide bonds. The van der Waals surface area contributed by atoms with Gasteiger partial charge in [0.2, 0.25) is 11.9 Å². The van der Waals surface area contributed by atoms with Crippen LogP contribution in [0, 0.1) is 0 Å². The first-order chi connectivity index (χ1) is 39.2. The molecule has 0 spiro atoms. The monoisotopic (exact) mass is 1190 g/mol. The number of unbranched alkanes of at least 4 members (excludes halogenated alkanes) is 4. The minimum Gasteiger partial charge on any atom is -0.490 e. The van der Waals surface area contributed by atoms with Gasteiger partial charge >= 0.3 is 36.9 Å². The summed E-state index contributed by atoms with van der Waals surface area (Å²) in [6.07, 6.45) is -8.56. The minimum absolute atomic E-state index is 0.00906. The molecule has 3 aromatic carbocycles. The summed E-state index contributed by atoms with van der Waals surface area (Å²) >= 11 is 0. The molecule has 7 rings (SSSR count). The number of hydrogen-bond donors (Lipinski definition) is 1. The first-order valence-electron chi connectivity index (χ1n) is 27.3. The molecule has 0 bridgehead atoms. The van der Waals surface area contributed by atoms with E-state index >= 15 is 0 Å². The van der Waals surface area contributed by atoms with Crippen LogP contribution in [0.15, 0.2) is 79.4 Å². The summed E-state index contributed by atoms with van der Waals surface area (Å²) in [5.74, 6) is 0.847. The smallest absolute Gasteiger partial charge is 0.416 e. The molecule has 2 aliphatic heterocycles. The molecule has 454 valence electrons. The van der Waals surface area contributed by atoms with Crippen LogP contribution in [0.3, 0.4) is 0 Å². The quantitative estimate of drug-likeness (QED) is 0.0585. The van der Waals surface area contributed by atoms with Crippen molar-refractivity contribution in [3.8, 4) is 11.5 Å². The molecule has 0 fully saturated rings. The fourth-order valence-electron chi connectivity index (χ4n) is 9.71. The minimum atomic E-state index is -5.14. The van der Waals surface area contributed by atoms with Gasteiger partial charge in [0.05, 0.1) is 96.9 Å². The maximum absolute atomic E-state index is 14.0. The fraction of sp³-hybridized carbons (Fsp3) is 0.509. The van der Waals surface area contributed by atoms with Crippen molar-refractivity contribution in [3.63, 3.8) is 0 Å². The normalized spacial score (nSPS) is 17.1. The van der Waals surface area contributed by atoms with Gasteiger partial charge in [-0.3, -0.25) is 9.80 Å². The average Bonchev–Trinajstić information content (AvgIpc) is 2.75. The highest BCUT2D eigenvalue weighted by molar-refractivity contribution is 5.91. The third kappa shape index (κ3) is 16.9. The zero-order valence-electron chi connectivity index (χ0n) is 46.5. The van der Waals surface area contributed by atoms with Crippen molar-refractivity contribution in [1.82, 2.24) is 19.9 Å². The Kier molecular flexibility index (Phi) is 22.1. The van der Waals surface area contributed by atoms with Crippen molar-refractivity contribution in [3.05, 3.63) is 118 Å². The van der Waals surface area contributed by atoms with Crippen LogP contribution >= 0.6 is 0 Å². The van der Waals surface area contributed by atoms with Gasteiger partial charge in [-0.25, -0.2) is 29.5 Å². The topological polar surface area (TPSA) is 144 Å². The number of ether oxygens (including phenoxy) is 4. The molecule has 2 aliphatic rings. The van der Waals surface area contributed by atoms with E-state index in [4.69, 9.17) is 18.9 Å². The van der Waals surface area contributed by atoms with Crippen molar-refractivity contribution in [2.24, 2.45) is 0 Å². The van der Waals surface area contributed by atoms with Crippen LogP contribution in [0.4, 0.5) is 85.5 Å². The molecule has 0 unspecified atom stereocenters. The Labute approximate surface area is 472 Å². The number of halogens is 12. The lowest BCUT2D eigenvalue weighted by molar-refractivity contribution is -0.143. The third-order valence-corrected chi connectivity index (χ3v) is 13.8. The maximum Gasteiger partial charge on any atom is 0.416 e. The van der Waals surface area contributed by atoms with Crippen molar-refractivity contribution in [2.45, 2.75) is 161 Å². The van der Waals surface area contributed by atoms with E-state index in [9.17, 15) is 62.3 Å². The summed E-state index contributed by atoms with van der Waals surface area (Å²) in [4.78, 5) is 46.8. The zero-order valence-corrected chi connectivity index (χ0v) is 46.5. The van der Waals surface area contributed by atoms with Gasteiger partial charge < -0.3 is 29.2 Å². The zero-order chi connectivity index (χ0) is 60.9. The largest absolute Gasteiger partial charge is 0.490 e. The van der Waals surface area contributed by atoms with Crippen LogP contribution in [-0.4, -0.2) is 70.6 Å². The summed E-state index contributed by atoms with van der Waals surface area (Å²) in [7, 11) is 0. The third-order valence-electron chi connectivity index (χ3n) is 13.8. The van der Waals surface area contributed by atoms with Crippen LogP contribution in [-0.2, 0) is 40.7 Å². The van der Waals surface area contributed by atoms with Gasteiger partial charge in [0.25, 0.3) is 0 Å². The van der Waals surface area contributed by atoms with Crippen molar-refractivity contribution in [1.29, 1.82) is 0 Å². The second-order valence-corrected chi connectivity index (χ2v) is 19.6. The van der Waals surface area contributed by atoms with E-state index < -0.39 is 89.4 Å². The van der Waals surface area contributed by atoms with Crippen LogP contribution in [0.1, 0.15) is 157 Å². The number of nitrogens with one attached hydrogen (secondary N) is 1. The van der Waals surface area contributed by atoms with E-state index in [2.05, 4.69) is 32.2 Å². The highest BCUT2D eigenvalue weighted by atomic mass is 19.4. The van der Waals surface area contributed by atoms with E-state index in [1.807, 2.05) is 13.8 Å². The molecule has 0 radical (unpaired) electrons. The van der Waals surface area contributed by atoms with Gasteiger partial charge in [-0.15, -0.1) is 0 Å². The molecule has 26 heteroatoms. The second kappa shape index (κ2) is 28.3. The lowest BCUT2D eigenvalue weighted by Gasteiger charge is -2.44. The Morgan fingerprint density at radius 2 is 0.988 bits per heavy atom. The van der Waals surface area contributed by atoms with Gasteiger partial charge in [-0.05, 0) is 124 Å². The second-order valence-electron chi connectivity index (χ2n) is 19.6. The molecular weight excluding hydrogens is 1120 g/mol. The van der Waals surface area contributed by atoms with Crippen LogP contribution in [0.25, 0.3) is 0 Å². The average molecular weight is 1190 g/mol. The summed E-state index contributed by atoms with van der Waals surface area (Å²) in [5, 5.41) is 3.15. The van der Waals surface area contributed by atoms with Gasteiger partial charge in [0.15, 0.2) is 11.5 Å². The van der Waals surface area contributed by atoms with E-state index in [0.717, 1.165) is 68.9 Å². The molecule has 1 N–H and O–H groups in total. The number of aromatic nitrogens is 4. The van der Waals surface area contributed by atoms with E-state index in [1.165, 1.54) is 33.2 Å². The summed E-state index contributed by atoms with van der Waals surface area (Å²) in [6.45, 7) is 11.4. The maximum atomic E-state index is 14.0. The number of anilines is 4. The Bertz CT molecular complexity index is 2880. The number of amides is 2. The fourth-order valence-corrected chi connectivity index (χ4v) is 9.71. The molecule has 83 heavy (non-hydrogen) atoms. The van der Waals surface area contributed by atoms with Crippen molar-refractivity contribution in [2.75, 3.05) is 46.4 Å². The van der Waals surface area contributed by atoms with Crippen LogP contribution < -0.4 is 29.5 Å². The van der Waals surface area contributed by atoms with Gasteiger partial charge in [0, 0.05) is 18.6 Å². The Morgan fingerprint density at radius 3 is 1.42 bits per heavy atom. The molecular formula is C57H66F12N8O6. The lowest BCUT2D eigenvalue weighted by Crippen LogP contribution is -2.48. The van der Waals surface area contributed by atoms with E-state index in [0.29, 0.717) is 55.2 Å². The highest BCUT2D eigenvalue weighted by Crippen LogP contribution is 2.47. The Morgan fingerprint density at radius 1 is 0.554 bits per heavy atom. The van der Waals surface area contributed by atoms with E-state index in [1.54, 1.807) is 33.2 Å². The lowest BCUT2D eigenvalue weighted by atomic mass is 9.87. The molecule has 2 aromatic heterocycles. The number of carbonyl (C=O) groups excluding carboxylic acids is 2. The van der Waals surface area contributed by atoms with Crippen LogP contribution in [0.2, 0.25) is 0 Å². The standard InChI is InChI=1S/C33H35F9N4O3.C24H31F3N4O3/c1-4-7-8-11-49-25-17-43-29(44-18-25)45(19-20-12-22(32(37,38)39)14-23(13-20)33(40,41)42)28-16-24(5-2)46(30(47)48-6-3)27-10-9-21(15-26(27)28)31(34,35)36;1-4-7-8-11-34-18-14-28-22(29-15-18)30-20-13-17(5-2)31(23(32)33-6-3)21-10-9-16(12-19(20)21)24(25,26)27/h9-10,12-15,17-18,24,28H,4-8,11,16,19H2,1-3H3;9-10,12,14-15,17,20H,4-8,11,13H2,1-3H3,(H,28,29,30)/t24-,28+;17-,20+/m11/s1. The number of carbonyl (C=O) groups is 2. The first kappa shape index (κ1) is 64.9. The molecule has 14 nitrogen and oxygen atoms in total. The summed E-state index contributed by atoms with van der Waals surface area (Å²) in [5.41, 5.74) is -4.73. The SMILES string of the molecule is CCCCCOc1cnc(N(Cc2cc(C(F)(F)F)cc(C(F)(F)F)c2)[C@H]2C[C@@H](CC)N(C(=O)OCC)c3ccc(C(F)(F)F)cc32)nc1.CCCCCOc1cnc(N[C@H]2C[C@@H](CC)N(C(=O)OCC)c3ccc(C(F)(F)F)cc32)nc1. The molecule has 0 saturated heterocycles. The predicted octanol–water partition coefficient (Wildman–Crippen LogP) is 16.4. The first-order valence-corrected chi connectivity index (χ1v) is 27.3. The summed E-state index contributed by atoms with van der Waals surface area (Å²) < 4.78 is 187. The van der Waals surface area contributed by atoms with Gasteiger partial charge in [0.1, 0.15) is 0 Å². The predicted molar refractivity (Wildman–Crippen MR) is 285 cm³/mol. The Hall–Kier alpha value is -7.28. The molecule has 5 aromatic rings. The summed E-state index contributed by atoms with van der Waals surface area (Å²) in [6, 6.07) is 4.56. The van der Waals surface area contributed by atoms with Gasteiger partial charge in [-0.2, -0.15) is 52.7 Å². The van der Waals surface area contributed by atoms with E-state index in [-0.39, 0.29) is 67.1 Å². The van der Waals surface area contributed by atoms with Crippen molar-refractivity contribution >= 4 is 35.5 Å². The number of alkyl halides is 12. The number of nitrogens with zero attached hydrogens (tertiary/aromatic N) is 7. The Balaban J connectivity index is 0.000000285. The molecule has 4 atom stereocenters. The molecule has 4 heterocycles. The number of benzene rings is 3. The van der Waals surface area contributed by atoms with Crippen LogP contribution in [0.5, 0.6) is 11.5 Å². The molecule has 0 saturated carbocycles. The van der Waals surface area contributed by atoms with Gasteiger partial charge in [-0.1, -0.05) is 53.4 Å².